The highest BCUT2D eigenvalue weighted by atomic mass is 16.7. The molecule has 0 atom stereocenters. The molecule has 2 N–H and O–H groups in total. The van der Waals surface area contributed by atoms with Crippen LogP contribution in [0.5, 0.6) is 34.5 Å². The quantitative estimate of drug-likeness (QED) is 0.474. The van der Waals surface area contributed by atoms with Crippen LogP contribution < -0.4 is 33.7 Å². The predicted molar refractivity (Wildman–Crippen MR) is 131 cm³/mol. The SMILES string of the molecule is O=C(CCc1ccc2c(c1)OCO2)Nc1ccc2c(c1)OCO2.O=C(O)C=Cc1ccc2c(c1)OCO2. The second-order valence-corrected chi connectivity index (χ2v) is 8.09. The fourth-order valence-corrected chi connectivity index (χ4v) is 3.74. The van der Waals surface area contributed by atoms with Gasteiger partial charge in [0, 0.05) is 24.3 Å². The van der Waals surface area contributed by atoms with Gasteiger partial charge in [-0.1, -0.05) is 12.1 Å². The molecule has 190 valence electrons. The number of amides is 1. The van der Waals surface area contributed by atoms with Crippen LogP contribution in [0.1, 0.15) is 17.5 Å². The molecule has 0 aliphatic carbocycles. The number of ether oxygens (including phenoxy) is 6. The van der Waals surface area contributed by atoms with Crippen molar-refractivity contribution in [1.29, 1.82) is 0 Å². The molecular weight excluding hydrogens is 482 g/mol. The van der Waals surface area contributed by atoms with E-state index in [0.717, 1.165) is 28.7 Å². The number of hydrogen-bond acceptors (Lipinski definition) is 8. The lowest BCUT2D eigenvalue weighted by molar-refractivity contribution is -0.131. The second-order valence-electron chi connectivity index (χ2n) is 8.09. The summed E-state index contributed by atoms with van der Waals surface area (Å²) in [4.78, 5) is 22.3. The molecule has 0 aromatic heterocycles. The van der Waals surface area contributed by atoms with E-state index in [0.29, 0.717) is 41.5 Å². The summed E-state index contributed by atoms with van der Waals surface area (Å²) in [7, 11) is 0. The van der Waals surface area contributed by atoms with Crippen molar-refractivity contribution in [3.63, 3.8) is 0 Å². The molecule has 3 aliphatic rings. The number of aliphatic carboxylic acids is 1. The molecule has 3 heterocycles. The number of rotatable bonds is 6. The average molecular weight is 505 g/mol. The molecule has 0 fully saturated rings. The van der Waals surface area contributed by atoms with Crippen LogP contribution in [0.15, 0.2) is 60.7 Å². The van der Waals surface area contributed by atoms with Gasteiger partial charge in [0.1, 0.15) is 0 Å². The van der Waals surface area contributed by atoms with E-state index < -0.39 is 5.97 Å². The van der Waals surface area contributed by atoms with Gasteiger partial charge in [-0.15, -0.1) is 0 Å². The standard InChI is InChI=1S/C17H15NO5.C10H8O4/c19-17(18-12-3-5-14-16(8-12)23-10-21-14)6-2-11-1-4-13-15(7-11)22-9-20-13;11-10(12)4-2-7-1-3-8-9(5-7)14-6-13-8/h1,3-5,7-8H,2,6,9-10H2,(H,18,19);1-5H,6H2,(H,11,12). The Labute approximate surface area is 211 Å². The molecule has 0 bridgehead atoms. The number of carbonyl (C=O) groups excluding carboxylic acids is 1. The normalized spacial score (nSPS) is 13.7. The Balaban J connectivity index is 0.000000171. The Bertz CT molecular complexity index is 1350. The molecule has 0 unspecified atom stereocenters. The molecule has 3 aromatic carbocycles. The highest BCUT2D eigenvalue weighted by Crippen LogP contribution is 2.35. The van der Waals surface area contributed by atoms with Crippen molar-refractivity contribution >= 4 is 23.6 Å². The minimum Gasteiger partial charge on any atom is -0.478 e. The van der Waals surface area contributed by atoms with Crippen molar-refractivity contribution in [2.24, 2.45) is 0 Å². The van der Waals surface area contributed by atoms with E-state index in [1.807, 2.05) is 18.2 Å². The van der Waals surface area contributed by atoms with Crippen LogP contribution in [0.2, 0.25) is 0 Å². The van der Waals surface area contributed by atoms with Gasteiger partial charge in [-0.25, -0.2) is 4.79 Å². The lowest BCUT2D eigenvalue weighted by Gasteiger charge is -2.07. The third-order valence-electron chi connectivity index (χ3n) is 5.55. The van der Waals surface area contributed by atoms with E-state index in [4.69, 9.17) is 33.5 Å². The van der Waals surface area contributed by atoms with Gasteiger partial charge >= 0.3 is 5.97 Å². The maximum atomic E-state index is 12.1. The Morgan fingerprint density at radius 1 is 0.730 bits per heavy atom. The van der Waals surface area contributed by atoms with Crippen LogP contribution in [0.4, 0.5) is 5.69 Å². The molecule has 6 rings (SSSR count). The summed E-state index contributed by atoms with van der Waals surface area (Å²) >= 11 is 0. The summed E-state index contributed by atoms with van der Waals surface area (Å²) in [5.74, 6) is 3.15. The zero-order chi connectivity index (χ0) is 25.6. The first kappa shape index (κ1) is 23.9. The van der Waals surface area contributed by atoms with Gasteiger partial charge in [0.15, 0.2) is 34.5 Å². The largest absolute Gasteiger partial charge is 0.478 e. The number of aryl methyl sites for hydroxylation is 1. The van der Waals surface area contributed by atoms with Crippen molar-refractivity contribution in [3.8, 4) is 34.5 Å². The molecule has 0 saturated heterocycles. The van der Waals surface area contributed by atoms with Gasteiger partial charge in [0.25, 0.3) is 0 Å². The Morgan fingerprint density at radius 3 is 1.97 bits per heavy atom. The van der Waals surface area contributed by atoms with Crippen molar-refractivity contribution in [1.82, 2.24) is 0 Å². The molecule has 1 amide bonds. The first-order valence-electron chi connectivity index (χ1n) is 11.4. The van der Waals surface area contributed by atoms with E-state index in [2.05, 4.69) is 5.32 Å². The van der Waals surface area contributed by atoms with Gasteiger partial charge < -0.3 is 38.8 Å². The number of fused-ring (bicyclic) bond motifs is 3. The number of anilines is 1. The maximum absolute atomic E-state index is 12.1. The lowest BCUT2D eigenvalue weighted by atomic mass is 10.1. The third kappa shape index (κ3) is 6.04. The molecular formula is C27H23NO9. The Kier molecular flexibility index (Phi) is 6.98. The maximum Gasteiger partial charge on any atom is 0.328 e. The van der Waals surface area contributed by atoms with E-state index in [1.165, 1.54) is 6.08 Å². The van der Waals surface area contributed by atoms with Crippen molar-refractivity contribution in [2.75, 3.05) is 25.7 Å². The zero-order valence-corrected chi connectivity index (χ0v) is 19.6. The van der Waals surface area contributed by atoms with Gasteiger partial charge in [0.05, 0.1) is 0 Å². The minimum absolute atomic E-state index is 0.0541. The Morgan fingerprint density at radius 2 is 1.30 bits per heavy atom. The van der Waals surface area contributed by atoms with E-state index in [9.17, 15) is 9.59 Å². The smallest absolute Gasteiger partial charge is 0.328 e. The molecule has 3 aliphatic heterocycles. The molecule has 3 aromatic rings. The molecule has 0 saturated carbocycles. The Hall–Kier alpha value is -4.86. The number of benzene rings is 3. The summed E-state index contributed by atoms with van der Waals surface area (Å²) in [6.45, 7) is 0.696. The van der Waals surface area contributed by atoms with Crippen LogP contribution in [0, 0.1) is 0 Å². The van der Waals surface area contributed by atoms with Gasteiger partial charge in [-0.2, -0.15) is 0 Å². The van der Waals surface area contributed by atoms with Crippen LogP contribution in [-0.2, 0) is 16.0 Å². The number of carboxylic acid groups (broad SMARTS) is 1. The average Bonchev–Trinajstić information content (AvgIpc) is 3.66. The van der Waals surface area contributed by atoms with E-state index in [-0.39, 0.29) is 26.3 Å². The lowest BCUT2D eigenvalue weighted by Crippen LogP contribution is -2.12. The van der Waals surface area contributed by atoms with E-state index >= 15 is 0 Å². The number of hydrogen-bond donors (Lipinski definition) is 2. The van der Waals surface area contributed by atoms with Crippen molar-refractivity contribution in [3.05, 3.63) is 71.8 Å². The highest BCUT2D eigenvalue weighted by Gasteiger charge is 2.16. The number of carboxylic acids is 1. The molecule has 37 heavy (non-hydrogen) atoms. The van der Waals surface area contributed by atoms with Crippen molar-refractivity contribution in [2.45, 2.75) is 12.8 Å². The first-order chi connectivity index (χ1) is 18.0. The van der Waals surface area contributed by atoms with Crippen LogP contribution in [0.3, 0.4) is 0 Å². The summed E-state index contributed by atoms with van der Waals surface area (Å²) in [5, 5.41) is 11.3. The fourth-order valence-electron chi connectivity index (χ4n) is 3.74. The molecule has 10 nitrogen and oxygen atoms in total. The molecule has 0 spiro atoms. The van der Waals surface area contributed by atoms with Gasteiger partial charge in [-0.3, -0.25) is 4.79 Å². The second kappa shape index (κ2) is 10.8. The number of carbonyl (C=O) groups is 2. The molecule has 0 radical (unpaired) electrons. The van der Waals surface area contributed by atoms with Crippen LogP contribution >= 0.6 is 0 Å². The van der Waals surface area contributed by atoms with Gasteiger partial charge in [0.2, 0.25) is 26.3 Å². The van der Waals surface area contributed by atoms with E-state index in [1.54, 1.807) is 36.4 Å². The van der Waals surface area contributed by atoms with Crippen molar-refractivity contribution < 1.29 is 43.1 Å². The van der Waals surface area contributed by atoms with Crippen LogP contribution in [-0.4, -0.2) is 37.4 Å². The fraction of sp³-hybridized carbons (Fsp3) is 0.185. The number of nitrogens with one attached hydrogen (secondary N) is 1. The summed E-state index contributed by atoms with van der Waals surface area (Å²) in [6.07, 6.45) is 3.60. The summed E-state index contributed by atoms with van der Waals surface area (Å²) in [6, 6.07) is 16.3. The first-order valence-corrected chi connectivity index (χ1v) is 11.4. The monoisotopic (exact) mass is 505 g/mol. The predicted octanol–water partition coefficient (Wildman–Crippen LogP) is 4.23. The summed E-state index contributed by atoms with van der Waals surface area (Å²) < 4.78 is 31.4. The zero-order valence-electron chi connectivity index (χ0n) is 19.6. The topological polar surface area (TPSA) is 122 Å². The molecule has 10 heteroatoms. The summed E-state index contributed by atoms with van der Waals surface area (Å²) in [5.41, 5.74) is 2.51. The van der Waals surface area contributed by atoms with Crippen LogP contribution in [0.25, 0.3) is 6.08 Å². The highest BCUT2D eigenvalue weighted by molar-refractivity contribution is 5.91. The minimum atomic E-state index is -0.970. The third-order valence-corrected chi connectivity index (χ3v) is 5.55. The van der Waals surface area contributed by atoms with Gasteiger partial charge in [-0.05, 0) is 60.0 Å².